The number of methoxy groups -OCH3 is 1. The molecule has 3 aromatic rings. The van der Waals surface area contributed by atoms with E-state index in [-0.39, 0.29) is 11.9 Å². The van der Waals surface area contributed by atoms with Gasteiger partial charge in [0.15, 0.2) is 5.79 Å². The first-order valence-corrected chi connectivity index (χ1v) is 10.6. The number of aromatic nitrogens is 3. The SMILES string of the molecule is COc1cccc(C(c2sc3nc(C)nn3c2O)N2CCC3(CC2)OCCO3)c1. The van der Waals surface area contributed by atoms with E-state index in [9.17, 15) is 5.11 Å². The molecule has 0 radical (unpaired) electrons. The molecule has 4 heterocycles. The van der Waals surface area contributed by atoms with Gasteiger partial charge in [0.25, 0.3) is 0 Å². The molecular weight excluding hydrogens is 392 g/mol. The third-order valence-corrected chi connectivity index (χ3v) is 6.77. The smallest absolute Gasteiger partial charge is 0.230 e. The van der Waals surface area contributed by atoms with E-state index in [1.165, 1.54) is 15.9 Å². The van der Waals surface area contributed by atoms with Gasteiger partial charge in [-0.05, 0) is 24.6 Å². The van der Waals surface area contributed by atoms with Gasteiger partial charge in [-0.1, -0.05) is 23.5 Å². The minimum atomic E-state index is -0.444. The number of likely N-dealkylation sites (tertiary alicyclic amines) is 1. The van der Waals surface area contributed by atoms with Crippen molar-refractivity contribution in [1.29, 1.82) is 0 Å². The van der Waals surface area contributed by atoms with Crippen molar-refractivity contribution >= 4 is 16.3 Å². The lowest BCUT2D eigenvalue weighted by atomic mass is 9.97. The van der Waals surface area contributed by atoms with E-state index < -0.39 is 5.79 Å². The Morgan fingerprint density at radius 2 is 2.00 bits per heavy atom. The first-order valence-electron chi connectivity index (χ1n) is 9.79. The van der Waals surface area contributed by atoms with E-state index in [0.29, 0.717) is 24.0 Å². The quantitative estimate of drug-likeness (QED) is 0.700. The van der Waals surface area contributed by atoms with E-state index in [1.807, 2.05) is 25.1 Å². The number of aromatic hydroxyl groups is 1. The molecule has 1 aromatic carbocycles. The molecule has 1 atom stereocenters. The van der Waals surface area contributed by atoms with Gasteiger partial charge in [0.05, 0.1) is 31.2 Å². The lowest BCUT2D eigenvalue weighted by molar-refractivity contribution is -0.187. The number of aryl methyl sites for hydroxylation is 1. The van der Waals surface area contributed by atoms with Crippen molar-refractivity contribution in [2.45, 2.75) is 31.6 Å². The van der Waals surface area contributed by atoms with Crippen molar-refractivity contribution in [3.05, 3.63) is 40.5 Å². The number of thiazole rings is 1. The van der Waals surface area contributed by atoms with Crippen molar-refractivity contribution < 1.29 is 19.3 Å². The molecule has 2 aliphatic heterocycles. The van der Waals surface area contributed by atoms with Crippen LogP contribution in [0.2, 0.25) is 0 Å². The fraction of sp³-hybridized carbons (Fsp3) is 0.500. The zero-order valence-corrected chi connectivity index (χ0v) is 17.3. The second kappa shape index (κ2) is 7.24. The normalized spacial score (nSPS) is 20.5. The second-order valence-electron chi connectivity index (χ2n) is 7.47. The molecule has 5 rings (SSSR count). The number of ether oxygens (including phenoxy) is 3. The van der Waals surface area contributed by atoms with Gasteiger partial charge in [-0.25, -0.2) is 4.98 Å². The van der Waals surface area contributed by atoms with Crippen molar-refractivity contribution in [1.82, 2.24) is 19.5 Å². The molecule has 0 bridgehead atoms. The van der Waals surface area contributed by atoms with E-state index in [2.05, 4.69) is 21.0 Å². The Hall–Kier alpha value is -2.20. The number of hydrogen-bond donors (Lipinski definition) is 1. The summed E-state index contributed by atoms with van der Waals surface area (Å²) in [7, 11) is 1.66. The summed E-state index contributed by atoms with van der Waals surface area (Å²) < 4.78 is 18.8. The Labute approximate surface area is 172 Å². The summed E-state index contributed by atoms with van der Waals surface area (Å²) in [5.41, 5.74) is 1.06. The minimum Gasteiger partial charge on any atom is -0.497 e. The molecule has 2 aliphatic rings. The maximum atomic E-state index is 11.0. The number of nitrogens with zero attached hydrogens (tertiary/aromatic N) is 4. The first-order chi connectivity index (χ1) is 14.1. The molecule has 2 fully saturated rings. The summed E-state index contributed by atoms with van der Waals surface area (Å²) in [6.07, 6.45) is 1.60. The van der Waals surface area contributed by atoms with Crippen LogP contribution in [0.5, 0.6) is 11.6 Å². The Bertz CT molecular complexity index is 1020. The molecule has 0 saturated carbocycles. The van der Waals surface area contributed by atoms with Crippen LogP contribution in [0.15, 0.2) is 24.3 Å². The maximum absolute atomic E-state index is 11.0. The number of fused-ring (bicyclic) bond motifs is 1. The number of hydrogen-bond acceptors (Lipinski definition) is 8. The monoisotopic (exact) mass is 416 g/mol. The highest BCUT2D eigenvalue weighted by Crippen LogP contribution is 2.43. The van der Waals surface area contributed by atoms with Crippen LogP contribution in [-0.2, 0) is 9.47 Å². The number of benzene rings is 1. The Balaban J connectivity index is 1.54. The highest BCUT2D eigenvalue weighted by atomic mass is 32.1. The average Bonchev–Trinajstić information content (AvgIpc) is 3.41. The van der Waals surface area contributed by atoms with Crippen LogP contribution < -0.4 is 4.74 Å². The fourth-order valence-electron chi connectivity index (χ4n) is 4.27. The molecule has 154 valence electrons. The highest BCUT2D eigenvalue weighted by molar-refractivity contribution is 7.17. The first kappa shape index (κ1) is 18.8. The molecule has 0 aliphatic carbocycles. The van der Waals surface area contributed by atoms with Crippen molar-refractivity contribution in [3.8, 4) is 11.6 Å². The lowest BCUT2D eigenvalue weighted by Gasteiger charge is -2.41. The Kier molecular flexibility index (Phi) is 4.70. The lowest BCUT2D eigenvalue weighted by Crippen LogP contribution is -2.46. The number of rotatable bonds is 4. The molecule has 9 heteroatoms. The standard InChI is InChI=1S/C20H24N4O4S/c1-13-21-19-24(22-13)18(25)17(29-19)16(14-4-3-5-15(12-14)26-2)23-8-6-20(7-9-23)27-10-11-28-20/h3-5,12,16,25H,6-11H2,1-2H3. The molecule has 1 unspecified atom stereocenters. The van der Waals surface area contributed by atoms with E-state index in [0.717, 1.165) is 42.1 Å². The molecule has 8 nitrogen and oxygen atoms in total. The van der Waals surface area contributed by atoms with Gasteiger partial charge in [-0.15, -0.1) is 5.10 Å². The van der Waals surface area contributed by atoms with Crippen molar-refractivity contribution in [3.63, 3.8) is 0 Å². The summed E-state index contributed by atoms with van der Waals surface area (Å²) in [4.78, 5) is 8.32. The molecule has 2 saturated heterocycles. The van der Waals surface area contributed by atoms with Crippen LogP contribution in [0, 0.1) is 6.92 Å². The van der Waals surface area contributed by atoms with Gasteiger partial charge >= 0.3 is 0 Å². The van der Waals surface area contributed by atoms with Gasteiger partial charge in [0.1, 0.15) is 11.6 Å². The zero-order valence-electron chi connectivity index (χ0n) is 16.5. The summed E-state index contributed by atoms with van der Waals surface area (Å²) >= 11 is 1.47. The molecule has 1 spiro atoms. The molecule has 0 amide bonds. The van der Waals surface area contributed by atoms with Crippen LogP contribution >= 0.6 is 11.3 Å². The van der Waals surface area contributed by atoms with Gasteiger partial charge in [0, 0.05) is 25.9 Å². The third kappa shape index (κ3) is 3.28. The molecule has 1 N–H and O–H groups in total. The topological polar surface area (TPSA) is 81.4 Å². The van der Waals surface area contributed by atoms with Gasteiger partial charge in [0.2, 0.25) is 10.8 Å². The largest absolute Gasteiger partial charge is 0.497 e. The Morgan fingerprint density at radius 1 is 1.24 bits per heavy atom. The summed E-state index contributed by atoms with van der Waals surface area (Å²) in [6, 6.07) is 7.88. The van der Waals surface area contributed by atoms with Crippen molar-refractivity contribution in [2.75, 3.05) is 33.4 Å². The minimum absolute atomic E-state index is 0.127. The number of piperidine rings is 1. The third-order valence-electron chi connectivity index (χ3n) is 5.70. The molecule has 2 aromatic heterocycles. The van der Waals surface area contributed by atoms with E-state index in [4.69, 9.17) is 14.2 Å². The second-order valence-corrected chi connectivity index (χ2v) is 8.48. The molecular formula is C20H24N4O4S. The Morgan fingerprint density at radius 3 is 2.69 bits per heavy atom. The van der Waals surface area contributed by atoms with Crippen LogP contribution in [0.4, 0.5) is 0 Å². The predicted molar refractivity (Wildman–Crippen MR) is 108 cm³/mol. The predicted octanol–water partition coefficient (Wildman–Crippen LogP) is 2.74. The van der Waals surface area contributed by atoms with Crippen LogP contribution in [0.1, 0.15) is 35.1 Å². The van der Waals surface area contributed by atoms with Crippen LogP contribution in [0.3, 0.4) is 0 Å². The van der Waals surface area contributed by atoms with Gasteiger partial charge in [-0.2, -0.15) is 4.52 Å². The zero-order chi connectivity index (χ0) is 20.0. The summed E-state index contributed by atoms with van der Waals surface area (Å²) in [5.74, 6) is 1.14. The van der Waals surface area contributed by atoms with Crippen LogP contribution in [-0.4, -0.2) is 63.8 Å². The summed E-state index contributed by atoms with van der Waals surface area (Å²) in [5, 5.41) is 15.3. The van der Waals surface area contributed by atoms with Gasteiger partial charge < -0.3 is 19.3 Å². The average molecular weight is 417 g/mol. The highest BCUT2D eigenvalue weighted by Gasteiger charge is 2.42. The van der Waals surface area contributed by atoms with E-state index in [1.54, 1.807) is 7.11 Å². The van der Waals surface area contributed by atoms with Gasteiger partial charge in [-0.3, -0.25) is 4.90 Å². The van der Waals surface area contributed by atoms with Crippen molar-refractivity contribution in [2.24, 2.45) is 0 Å². The maximum Gasteiger partial charge on any atom is 0.230 e. The van der Waals surface area contributed by atoms with Crippen LogP contribution in [0.25, 0.3) is 4.96 Å². The summed E-state index contributed by atoms with van der Waals surface area (Å²) in [6.45, 7) is 4.74. The van der Waals surface area contributed by atoms with E-state index >= 15 is 0 Å². The fourth-order valence-corrected chi connectivity index (χ4v) is 5.44. The molecule has 29 heavy (non-hydrogen) atoms.